The van der Waals surface area contributed by atoms with Gasteiger partial charge in [-0.1, -0.05) is 35.9 Å². The van der Waals surface area contributed by atoms with E-state index in [1.807, 2.05) is 30.3 Å². The minimum atomic E-state index is -0.579. The number of carbonyl (C=O) groups excluding carboxylic acids is 2. The van der Waals surface area contributed by atoms with Crippen molar-refractivity contribution in [2.24, 2.45) is 4.99 Å². The molecule has 0 saturated carbocycles. The van der Waals surface area contributed by atoms with E-state index in [9.17, 15) is 9.59 Å². The molecule has 1 heterocycles. The van der Waals surface area contributed by atoms with Crippen LogP contribution in [0, 0.1) is 0 Å². The lowest BCUT2D eigenvalue weighted by Crippen LogP contribution is -2.20. The third-order valence-corrected chi connectivity index (χ3v) is 6.28. The molecule has 0 atom stereocenters. The van der Waals surface area contributed by atoms with Crippen LogP contribution in [0.25, 0.3) is 6.08 Å². The van der Waals surface area contributed by atoms with Crippen molar-refractivity contribution in [3.8, 4) is 28.7 Å². The average Bonchev–Trinajstić information content (AvgIpc) is 3.37. The van der Waals surface area contributed by atoms with Gasteiger partial charge in [-0.2, -0.15) is 0 Å². The van der Waals surface area contributed by atoms with Gasteiger partial charge in [0.05, 0.1) is 19.2 Å². The first-order valence-corrected chi connectivity index (χ1v) is 13.1. The van der Waals surface area contributed by atoms with Crippen LogP contribution in [0.1, 0.15) is 11.1 Å². The van der Waals surface area contributed by atoms with Crippen molar-refractivity contribution < 1.29 is 33.3 Å². The van der Waals surface area contributed by atoms with Gasteiger partial charge in [-0.25, -0.2) is 9.79 Å². The first-order valence-electron chi connectivity index (χ1n) is 12.7. The van der Waals surface area contributed by atoms with Crippen LogP contribution in [-0.2, 0) is 14.3 Å². The number of nitrogens with one attached hydrogen (secondary N) is 1. The van der Waals surface area contributed by atoms with Crippen molar-refractivity contribution in [1.82, 2.24) is 0 Å². The molecule has 212 valence electrons. The number of methoxy groups -OCH3 is 2. The highest BCUT2D eigenvalue weighted by Gasteiger charge is 2.24. The Hall–Kier alpha value is -5.28. The van der Waals surface area contributed by atoms with Gasteiger partial charge in [-0.3, -0.25) is 4.79 Å². The number of hydrogen-bond acceptors (Lipinski definition) is 8. The highest BCUT2D eigenvalue weighted by Crippen LogP contribution is 2.31. The van der Waals surface area contributed by atoms with E-state index in [2.05, 4.69) is 10.3 Å². The summed E-state index contributed by atoms with van der Waals surface area (Å²) in [4.78, 5) is 29.3. The summed E-state index contributed by atoms with van der Waals surface area (Å²) in [6.07, 6.45) is 1.58. The van der Waals surface area contributed by atoms with E-state index < -0.39 is 5.97 Å². The number of rotatable bonds is 10. The molecule has 10 heteroatoms. The summed E-state index contributed by atoms with van der Waals surface area (Å²) in [5.41, 5.74) is 1.88. The number of halogens is 1. The van der Waals surface area contributed by atoms with Crippen molar-refractivity contribution in [2.45, 2.75) is 0 Å². The summed E-state index contributed by atoms with van der Waals surface area (Å²) >= 11 is 6.11. The lowest BCUT2D eigenvalue weighted by atomic mass is 10.1. The first kappa shape index (κ1) is 28.3. The summed E-state index contributed by atoms with van der Waals surface area (Å²) in [6, 6.07) is 26.4. The zero-order valence-electron chi connectivity index (χ0n) is 22.6. The molecule has 1 aliphatic heterocycles. The fourth-order valence-electron chi connectivity index (χ4n) is 3.96. The number of hydrogen-bond donors (Lipinski definition) is 1. The van der Waals surface area contributed by atoms with Gasteiger partial charge in [0.15, 0.2) is 23.8 Å². The van der Waals surface area contributed by atoms with Crippen LogP contribution < -0.4 is 24.3 Å². The van der Waals surface area contributed by atoms with Crippen LogP contribution in [0.5, 0.6) is 28.7 Å². The monoisotopic (exact) mass is 584 g/mol. The molecule has 0 fully saturated rings. The smallest absolute Gasteiger partial charge is 0.363 e. The zero-order chi connectivity index (χ0) is 29.5. The molecule has 4 aromatic carbocycles. The van der Waals surface area contributed by atoms with E-state index in [4.69, 9.17) is 35.3 Å². The van der Waals surface area contributed by atoms with Crippen molar-refractivity contribution in [1.29, 1.82) is 0 Å². The molecule has 5 rings (SSSR count). The number of amides is 1. The van der Waals surface area contributed by atoms with Gasteiger partial charge in [0.25, 0.3) is 5.91 Å². The molecule has 1 amide bonds. The molecule has 0 radical (unpaired) electrons. The van der Waals surface area contributed by atoms with Crippen molar-refractivity contribution in [3.05, 3.63) is 113 Å². The number of aliphatic imine (C=N–C) groups is 1. The maximum atomic E-state index is 12.5. The van der Waals surface area contributed by atoms with Crippen molar-refractivity contribution in [2.75, 3.05) is 26.1 Å². The minimum absolute atomic E-state index is 0.128. The summed E-state index contributed by atoms with van der Waals surface area (Å²) in [7, 11) is 2.99. The third-order valence-electron chi connectivity index (χ3n) is 5.99. The van der Waals surface area contributed by atoms with Gasteiger partial charge in [0.2, 0.25) is 5.90 Å². The molecular weight excluding hydrogens is 560 g/mol. The second kappa shape index (κ2) is 12.9. The van der Waals surface area contributed by atoms with Gasteiger partial charge >= 0.3 is 5.97 Å². The van der Waals surface area contributed by atoms with E-state index in [-0.39, 0.29) is 24.1 Å². The Morgan fingerprint density at radius 1 is 0.881 bits per heavy atom. The second-order valence-electron chi connectivity index (χ2n) is 8.87. The number of cyclic esters (lactones) is 1. The molecule has 9 nitrogen and oxygen atoms in total. The van der Waals surface area contributed by atoms with Gasteiger partial charge in [0, 0.05) is 11.3 Å². The molecule has 4 aromatic rings. The predicted octanol–water partition coefficient (Wildman–Crippen LogP) is 6.51. The van der Waals surface area contributed by atoms with E-state index >= 15 is 0 Å². The first-order chi connectivity index (χ1) is 20.4. The molecule has 0 unspecified atom stereocenters. The minimum Gasteiger partial charge on any atom is -0.495 e. The van der Waals surface area contributed by atoms with Crippen molar-refractivity contribution >= 4 is 41.1 Å². The van der Waals surface area contributed by atoms with Crippen LogP contribution in [-0.4, -0.2) is 38.6 Å². The Morgan fingerprint density at radius 3 is 2.31 bits per heavy atom. The average molecular weight is 585 g/mol. The van der Waals surface area contributed by atoms with Gasteiger partial charge in [0.1, 0.15) is 17.2 Å². The molecular formula is C32H25ClN2O7. The van der Waals surface area contributed by atoms with E-state index in [0.717, 1.165) is 0 Å². The van der Waals surface area contributed by atoms with Crippen LogP contribution in [0.15, 0.2) is 102 Å². The molecule has 0 saturated heterocycles. The number of nitrogens with zero attached hydrogens (tertiary/aromatic N) is 1. The number of benzene rings is 4. The summed E-state index contributed by atoms with van der Waals surface area (Å²) in [5.74, 6) is 1.80. The van der Waals surface area contributed by atoms with Crippen LogP contribution in [0.3, 0.4) is 0 Å². The Labute approximate surface area is 246 Å². The molecule has 42 heavy (non-hydrogen) atoms. The molecule has 0 aliphatic carbocycles. The van der Waals surface area contributed by atoms with Gasteiger partial charge in [-0.15, -0.1) is 0 Å². The third kappa shape index (κ3) is 6.89. The quantitative estimate of drug-likeness (QED) is 0.167. The maximum Gasteiger partial charge on any atom is 0.363 e. The molecule has 0 bridgehead atoms. The standard InChI is InChI=1S/C32H25ClN2O7/c1-38-27-15-11-22(18-25(27)33)34-30(36)19-40-28-14-8-20(17-29(28)39-2)16-26-32(37)42-31(35-26)21-9-12-24(13-10-21)41-23-6-4-3-5-7-23/h3-18H,19H2,1-2H3,(H,34,36)/b26-16-. The number of para-hydroxylation sites is 1. The second-order valence-corrected chi connectivity index (χ2v) is 9.28. The Morgan fingerprint density at radius 2 is 1.60 bits per heavy atom. The molecule has 0 spiro atoms. The van der Waals surface area contributed by atoms with Crippen molar-refractivity contribution in [3.63, 3.8) is 0 Å². The largest absolute Gasteiger partial charge is 0.495 e. The molecule has 1 aliphatic rings. The lowest BCUT2D eigenvalue weighted by molar-refractivity contribution is -0.130. The zero-order valence-corrected chi connectivity index (χ0v) is 23.4. The van der Waals surface area contributed by atoms with Crippen LogP contribution in [0.4, 0.5) is 5.69 Å². The summed E-state index contributed by atoms with van der Waals surface area (Å²) in [5, 5.41) is 3.08. The topological polar surface area (TPSA) is 105 Å². The van der Waals surface area contributed by atoms with E-state index in [0.29, 0.717) is 50.6 Å². The van der Waals surface area contributed by atoms with Crippen LogP contribution in [0.2, 0.25) is 5.02 Å². The molecule has 1 N–H and O–H groups in total. The lowest BCUT2D eigenvalue weighted by Gasteiger charge is -2.12. The predicted molar refractivity (Wildman–Crippen MR) is 159 cm³/mol. The Kier molecular flexibility index (Phi) is 8.70. The summed E-state index contributed by atoms with van der Waals surface area (Å²) in [6.45, 7) is -0.268. The highest BCUT2D eigenvalue weighted by atomic mass is 35.5. The Balaban J connectivity index is 1.23. The van der Waals surface area contributed by atoms with E-state index in [1.165, 1.54) is 14.2 Å². The maximum absolute atomic E-state index is 12.5. The van der Waals surface area contributed by atoms with Gasteiger partial charge in [-0.05, 0) is 78.4 Å². The number of esters is 1. The number of anilines is 1. The Bertz CT molecular complexity index is 1670. The van der Waals surface area contributed by atoms with Gasteiger partial charge < -0.3 is 29.0 Å². The SMILES string of the molecule is COc1ccc(NC(=O)COc2ccc(/C=C3\N=C(c4ccc(Oc5ccccc5)cc4)OC3=O)cc2OC)cc1Cl. The van der Waals surface area contributed by atoms with E-state index in [1.54, 1.807) is 66.7 Å². The fourth-order valence-corrected chi connectivity index (χ4v) is 4.22. The number of ether oxygens (including phenoxy) is 5. The van der Waals surface area contributed by atoms with Crippen LogP contribution >= 0.6 is 11.6 Å². The highest BCUT2D eigenvalue weighted by molar-refractivity contribution is 6.32. The number of carbonyl (C=O) groups is 2. The molecule has 0 aromatic heterocycles. The summed E-state index contributed by atoms with van der Waals surface area (Å²) < 4.78 is 27.4. The normalized spacial score (nSPS) is 13.3. The fraction of sp³-hybridized carbons (Fsp3) is 0.0938.